The molecule has 5 heteroatoms. The molecule has 1 aliphatic rings. The topological polar surface area (TPSA) is 39.1 Å². The van der Waals surface area contributed by atoms with Crippen molar-refractivity contribution in [2.24, 2.45) is 0 Å². The van der Waals surface area contributed by atoms with Crippen molar-refractivity contribution in [2.75, 3.05) is 13.1 Å². The van der Waals surface area contributed by atoms with Crippen molar-refractivity contribution in [3.8, 4) is 0 Å². The molecule has 2 rings (SSSR count). The van der Waals surface area contributed by atoms with Crippen LogP contribution < -0.4 is 5.32 Å². The second-order valence-electron chi connectivity index (χ2n) is 4.95. The van der Waals surface area contributed by atoms with Crippen LogP contribution in [-0.4, -0.2) is 35.1 Å². The van der Waals surface area contributed by atoms with Gasteiger partial charge in [0.2, 0.25) is 0 Å². The van der Waals surface area contributed by atoms with Crippen molar-refractivity contribution in [3.05, 3.63) is 16.9 Å². The third-order valence-electron chi connectivity index (χ3n) is 3.27. The van der Waals surface area contributed by atoms with E-state index in [1.165, 1.54) is 6.42 Å². The Hall–Kier alpha value is -0.580. The molecule has 2 heterocycles. The van der Waals surface area contributed by atoms with E-state index in [0.29, 0.717) is 6.10 Å². The number of rotatable bonds is 6. The highest BCUT2D eigenvalue weighted by Gasteiger charge is 2.25. The Morgan fingerprint density at radius 1 is 1.50 bits per heavy atom. The zero-order valence-corrected chi connectivity index (χ0v) is 11.9. The van der Waals surface area contributed by atoms with Crippen molar-refractivity contribution < 1.29 is 4.74 Å². The van der Waals surface area contributed by atoms with Crippen molar-refractivity contribution in [1.29, 1.82) is 0 Å². The molecule has 0 bridgehead atoms. The lowest BCUT2D eigenvalue weighted by atomic mass is 10.2. The highest BCUT2D eigenvalue weighted by atomic mass is 35.5. The zero-order chi connectivity index (χ0) is 13.0. The smallest absolute Gasteiger partial charge is 0.0814 e. The SMILES string of the molecule is CCCNCC1CCC(Cn2cc(Cl)c(C)n2)O1. The van der Waals surface area contributed by atoms with E-state index in [1.807, 2.05) is 17.8 Å². The van der Waals surface area contributed by atoms with Gasteiger partial charge >= 0.3 is 0 Å². The normalized spacial score (nSPS) is 23.7. The molecule has 18 heavy (non-hydrogen) atoms. The first-order valence-electron chi connectivity index (χ1n) is 6.74. The van der Waals surface area contributed by atoms with Crippen molar-refractivity contribution in [1.82, 2.24) is 15.1 Å². The third-order valence-corrected chi connectivity index (χ3v) is 3.64. The van der Waals surface area contributed by atoms with E-state index in [1.54, 1.807) is 0 Å². The molecule has 1 aromatic rings. The van der Waals surface area contributed by atoms with Gasteiger partial charge in [-0.25, -0.2) is 0 Å². The molecule has 1 aromatic heterocycles. The maximum atomic E-state index is 5.99. The fourth-order valence-electron chi connectivity index (χ4n) is 2.30. The lowest BCUT2D eigenvalue weighted by Gasteiger charge is -2.14. The molecule has 0 aromatic carbocycles. The number of hydrogen-bond donors (Lipinski definition) is 1. The predicted octanol–water partition coefficient (Wildman–Crippen LogP) is 2.39. The largest absolute Gasteiger partial charge is 0.372 e. The van der Waals surface area contributed by atoms with Crippen LogP contribution in [0.1, 0.15) is 31.9 Å². The molecule has 2 atom stereocenters. The van der Waals surface area contributed by atoms with Gasteiger partial charge in [0, 0.05) is 12.7 Å². The molecule has 0 amide bonds. The van der Waals surface area contributed by atoms with Crippen LogP contribution in [-0.2, 0) is 11.3 Å². The van der Waals surface area contributed by atoms with Gasteiger partial charge < -0.3 is 10.1 Å². The van der Waals surface area contributed by atoms with E-state index >= 15 is 0 Å². The highest BCUT2D eigenvalue weighted by Crippen LogP contribution is 2.21. The number of halogens is 1. The van der Waals surface area contributed by atoms with Gasteiger partial charge in [-0.15, -0.1) is 0 Å². The van der Waals surface area contributed by atoms with E-state index in [9.17, 15) is 0 Å². The van der Waals surface area contributed by atoms with Crippen LogP contribution in [0.5, 0.6) is 0 Å². The number of aryl methyl sites for hydroxylation is 1. The molecule has 4 nitrogen and oxygen atoms in total. The first kappa shape index (κ1) is 13.8. The molecule has 1 fully saturated rings. The summed E-state index contributed by atoms with van der Waals surface area (Å²) in [6.45, 7) is 6.93. The molecule has 0 saturated carbocycles. The zero-order valence-electron chi connectivity index (χ0n) is 11.2. The molecule has 0 aliphatic carbocycles. The van der Waals surface area contributed by atoms with Crippen molar-refractivity contribution in [3.63, 3.8) is 0 Å². The number of nitrogens with zero attached hydrogens (tertiary/aromatic N) is 2. The predicted molar refractivity (Wildman–Crippen MR) is 73.0 cm³/mol. The molecule has 2 unspecified atom stereocenters. The summed E-state index contributed by atoms with van der Waals surface area (Å²) in [4.78, 5) is 0. The number of hydrogen-bond acceptors (Lipinski definition) is 3. The van der Waals surface area contributed by atoms with Gasteiger partial charge in [0.15, 0.2) is 0 Å². The minimum atomic E-state index is 0.272. The van der Waals surface area contributed by atoms with Crippen LogP contribution in [0.2, 0.25) is 5.02 Å². The number of aromatic nitrogens is 2. The van der Waals surface area contributed by atoms with Gasteiger partial charge in [0.05, 0.1) is 29.5 Å². The minimum absolute atomic E-state index is 0.272. The van der Waals surface area contributed by atoms with Crippen LogP contribution in [0.4, 0.5) is 0 Å². The summed E-state index contributed by atoms with van der Waals surface area (Å²) in [6, 6.07) is 0. The second-order valence-corrected chi connectivity index (χ2v) is 5.35. The third kappa shape index (κ3) is 3.70. The van der Waals surface area contributed by atoms with Gasteiger partial charge in [0.1, 0.15) is 0 Å². The van der Waals surface area contributed by atoms with E-state index in [0.717, 1.165) is 43.2 Å². The van der Waals surface area contributed by atoms with Crippen LogP contribution in [0, 0.1) is 6.92 Å². The van der Waals surface area contributed by atoms with Gasteiger partial charge in [0.25, 0.3) is 0 Å². The monoisotopic (exact) mass is 271 g/mol. The van der Waals surface area contributed by atoms with Gasteiger partial charge in [-0.3, -0.25) is 4.68 Å². The fraction of sp³-hybridized carbons (Fsp3) is 0.769. The average molecular weight is 272 g/mol. The molecular weight excluding hydrogens is 250 g/mol. The fourth-order valence-corrected chi connectivity index (χ4v) is 2.45. The van der Waals surface area contributed by atoms with Crippen LogP contribution in [0.15, 0.2) is 6.20 Å². The molecule has 1 aliphatic heterocycles. The van der Waals surface area contributed by atoms with E-state index in [-0.39, 0.29) is 6.10 Å². The maximum absolute atomic E-state index is 5.99. The van der Waals surface area contributed by atoms with Crippen LogP contribution >= 0.6 is 11.6 Å². The summed E-state index contributed by atoms with van der Waals surface area (Å²) in [6.07, 6.45) is 5.91. The summed E-state index contributed by atoms with van der Waals surface area (Å²) in [5, 5.41) is 8.50. The molecule has 1 saturated heterocycles. The van der Waals surface area contributed by atoms with Crippen molar-refractivity contribution >= 4 is 11.6 Å². The van der Waals surface area contributed by atoms with Gasteiger partial charge in [-0.1, -0.05) is 18.5 Å². The Labute approximate surface area is 114 Å². The molecular formula is C13H22ClN3O. The Kier molecular flexibility index (Phi) is 5.03. The second kappa shape index (κ2) is 6.55. The first-order chi connectivity index (χ1) is 8.69. The lowest BCUT2D eigenvalue weighted by molar-refractivity contribution is 0.0343. The standard InChI is InChI=1S/C13H22ClN3O/c1-3-6-15-7-11-4-5-12(18-11)8-17-9-13(14)10(2)16-17/h9,11-12,15H,3-8H2,1-2H3. The van der Waals surface area contributed by atoms with Crippen LogP contribution in [0.25, 0.3) is 0 Å². The lowest BCUT2D eigenvalue weighted by Crippen LogP contribution is -2.28. The Morgan fingerprint density at radius 3 is 2.94 bits per heavy atom. The molecule has 0 spiro atoms. The summed E-state index contributed by atoms with van der Waals surface area (Å²) in [5.74, 6) is 0. The summed E-state index contributed by atoms with van der Waals surface area (Å²) >= 11 is 5.99. The molecule has 0 radical (unpaired) electrons. The quantitative estimate of drug-likeness (QED) is 0.808. The number of ether oxygens (including phenoxy) is 1. The first-order valence-corrected chi connectivity index (χ1v) is 7.12. The number of nitrogens with one attached hydrogen (secondary N) is 1. The van der Waals surface area contributed by atoms with Crippen molar-refractivity contribution in [2.45, 2.75) is 51.9 Å². The van der Waals surface area contributed by atoms with E-state index < -0.39 is 0 Å². The maximum Gasteiger partial charge on any atom is 0.0814 e. The summed E-state index contributed by atoms with van der Waals surface area (Å²) in [5.41, 5.74) is 0.885. The Bertz CT molecular complexity index is 361. The minimum Gasteiger partial charge on any atom is -0.372 e. The Balaban J connectivity index is 1.75. The van der Waals surface area contributed by atoms with E-state index in [4.69, 9.17) is 16.3 Å². The van der Waals surface area contributed by atoms with Gasteiger partial charge in [-0.05, 0) is 32.7 Å². The Morgan fingerprint density at radius 2 is 2.28 bits per heavy atom. The summed E-state index contributed by atoms with van der Waals surface area (Å²) < 4.78 is 7.89. The van der Waals surface area contributed by atoms with E-state index in [2.05, 4.69) is 17.3 Å². The van der Waals surface area contributed by atoms with Crippen LogP contribution in [0.3, 0.4) is 0 Å². The highest BCUT2D eigenvalue weighted by molar-refractivity contribution is 6.31. The average Bonchev–Trinajstić information content (AvgIpc) is 2.88. The molecule has 1 N–H and O–H groups in total. The molecule has 102 valence electrons. The van der Waals surface area contributed by atoms with Gasteiger partial charge in [-0.2, -0.15) is 5.10 Å². The summed E-state index contributed by atoms with van der Waals surface area (Å²) in [7, 11) is 0.